The second-order valence-corrected chi connectivity index (χ2v) is 3.31. The van der Waals surface area contributed by atoms with Gasteiger partial charge in [0.05, 0.1) is 6.67 Å². The summed E-state index contributed by atoms with van der Waals surface area (Å²) in [4.78, 5) is 20.3. The number of hydrogen-bond donors (Lipinski definition) is 2. The lowest BCUT2D eigenvalue weighted by Crippen LogP contribution is -2.17. The number of nitrogens with one attached hydrogen (secondary N) is 2. The molecule has 0 saturated heterocycles. The van der Waals surface area contributed by atoms with Crippen LogP contribution >= 0.6 is 0 Å². The molecule has 72 valence electrons. The predicted octanol–water partition coefficient (Wildman–Crippen LogP) is -0.158. The minimum Gasteiger partial charge on any atom is -0.360 e. The number of anilines is 2. The summed E-state index contributed by atoms with van der Waals surface area (Å²) < 4.78 is 1.86. The van der Waals surface area contributed by atoms with Gasteiger partial charge in [-0.05, 0) is 0 Å². The van der Waals surface area contributed by atoms with Crippen LogP contribution in [-0.4, -0.2) is 28.1 Å². The van der Waals surface area contributed by atoms with Crippen LogP contribution in [0, 0.1) is 0 Å². The lowest BCUT2D eigenvalue weighted by molar-refractivity contribution is 0.976. The van der Waals surface area contributed by atoms with E-state index in [1.54, 1.807) is 6.20 Å². The minimum absolute atomic E-state index is 0.122. The molecule has 1 aliphatic rings. The molecule has 0 aliphatic carbocycles. The maximum Gasteiger partial charge on any atom is 0.277 e. The van der Waals surface area contributed by atoms with E-state index in [4.69, 9.17) is 0 Å². The van der Waals surface area contributed by atoms with Crippen molar-refractivity contribution in [1.29, 1.82) is 0 Å². The number of fused-ring (bicyclic) bond motifs is 3. The summed E-state index contributed by atoms with van der Waals surface area (Å²) in [6.45, 7) is 0.649. The van der Waals surface area contributed by atoms with E-state index in [0.717, 1.165) is 5.82 Å². The van der Waals surface area contributed by atoms with E-state index in [2.05, 4.69) is 15.3 Å². The fourth-order valence-electron chi connectivity index (χ4n) is 1.76. The maximum atomic E-state index is 11.6. The van der Waals surface area contributed by atoms with Gasteiger partial charge in [0.1, 0.15) is 11.5 Å². The van der Waals surface area contributed by atoms with Gasteiger partial charge < -0.3 is 10.2 Å². The number of aromatic amines is 1. The molecule has 0 bridgehead atoms. The van der Waals surface area contributed by atoms with E-state index in [1.165, 1.54) is 0 Å². The molecule has 3 rings (SSSR count). The van der Waals surface area contributed by atoms with Crippen LogP contribution in [0.1, 0.15) is 0 Å². The van der Waals surface area contributed by atoms with Crippen molar-refractivity contribution < 1.29 is 0 Å². The number of imidazole rings is 1. The minimum atomic E-state index is -0.122. The lowest BCUT2D eigenvalue weighted by Gasteiger charge is -2.10. The average Bonchev–Trinajstić information content (AvgIpc) is 2.71. The topological polar surface area (TPSA) is 65.4 Å². The summed E-state index contributed by atoms with van der Waals surface area (Å²) in [5, 5.41) is 3.03. The molecule has 0 saturated carbocycles. The third kappa shape index (κ3) is 0.748. The standard InChI is InChI=1S/C8H9N5O/c1-12-4-10-5-6(14)11-8-9-2-3-13(8)7(5)12/h2-3,10H,4H2,1H3,(H,9,11,14). The first-order valence-corrected chi connectivity index (χ1v) is 4.32. The van der Waals surface area contributed by atoms with Gasteiger partial charge in [-0.3, -0.25) is 14.2 Å². The number of hydrogen-bond acceptors (Lipinski definition) is 4. The van der Waals surface area contributed by atoms with Gasteiger partial charge in [-0.25, -0.2) is 4.98 Å². The molecule has 2 aromatic rings. The molecule has 0 atom stereocenters. The number of nitrogens with zero attached hydrogens (tertiary/aromatic N) is 3. The highest BCUT2D eigenvalue weighted by atomic mass is 16.1. The quantitative estimate of drug-likeness (QED) is 0.607. The second-order valence-electron chi connectivity index (χ2n) is 3.31. The smallest absolute Gasteiger partial charge is 0.277 e. The zero-order valence-electron chi connectivity index (χ0n) is 7.61. The van der Waals surface area contributed by atoms with Crippen molar-refractivity contribution in [2.45, 2.75) is 0 Å². The predicted molar refractivity (Wildman–Crippen MR) is 52.7 cm³/mol. The van der Waals surface area contributed by atoms with E-state index in [9.17, 15) is 4.79 Å². The van der Waals surface area contributed by atoms with Crippen LogP contribution in [0.3, 0.4) is 0 Å². The Balaban J connectivity index is 2.52. The van der Waals surface area contributed by atoms with Crippen LogP contribution in [0.25, 0.3) is 5.78 Å². The molecule has 14 heavy (non-hydrogen) atoms. The highest BCUT2D eigenvalue weighted by Gasteiger charge is 2.21. The molecular weight excluding hydrogens is 182 g/mol. The average molecular weight is 191 g/mol. The molecule has 0 amide bonds. The Bertz CT molecular complexity index is 554. The van der Waals surface area contributed by atoms with E-state index in [0.29, 0.717) is 18.1 Å². The Morgan fingerprint density at radius 1 is 1.57 bits per heavy atom. The Labute approximate surface area is 79.2 Å². The third-order valence-electron chi connectivity index (χ3n) is 2.40. The maximum absolute atomic E-state index is 11.6. The van der Waals surface area contributed by atoms with Crippen LogP contribution in [-0.2, 0) is 0 Å². The summed E-state index contributed by atoms with van der Waals surface area (Å²) in [7, 11) is 1.93. The molecule has 6 heteroatoms. The largest absolute Gasteiger partial charge is 0.360 e. The molecule has 2 N–H and O–H groups in total. The molecule has 1 aliphatic heterocycles. The molecule has 2 aromatic heterocycles. The third-order valence-corrected chi connectivity index (χ3v) is 2.40. The van der Waals surface area contributed by atoms with Gasteiger partial charge in [0.25, 0.3) is 5.56 Å². The molecule has 0 fully saturated rings. The summed E-state index contributed by atoms with van der Waals surface area (Å²) >= 11 is 0. The Morgan fingerprint density at radius 3 is 3.29 bits per heavy atom. The van der Waals surface area contributed by atoms with Gasteiger partial charge in [-0.1, -0.05) is 0 Å². The van der Waals surface area contributed by atoms with Crippen molar-refractivity contribution >= 4 is 17.3 Å². The molecule has 0 spiro atoms. The molecule has 0 unspecified atom stereocenters. The Morgan fingerprint density at radius 2 is 2.43 bits per heavy atom. The fourth-order valence-corrected chi connectivity index (χ4v) is 1.76. The monoisotopic (exact) mass is 191 g/mol. The van der Waals surface area contributed by atoms with Crippen molar-refractivity contribution in [3.05, 3.63) is 22.7 Å². The van der Waals surface area contributed by atoms with Gasteiger partial charge in [-0.2, -0.15) is 0 Å². The van der Waals surface area contributed by atoms with E-state index >= 15 is 0 Å². The molecule has 6 nitrogen and oxygen atoms in total. The summed E-state index contributed by atoms with van der Waals surface area (Å²) in [6, 6.07) is 0. The van der Waals surface area contributed by atoms with Crippen LogP contribution < -0.4 is 15.8 Å². The molecule has 0 radical (unpaired) electrons. The van der Waals surface area contributed by atoms with E-state index < -0.39 is 0 Å². The van der Waals surface area contributed by atoms with Crippen molar-refractivity contribution in [2.24, 2.45) is 0 Å². The van der Waals surface area contributed by atoms with Gasteiger partial charge in [0.15, 0.2) is 0 Å². The van der Waals surface area contributed by atoms with Crippen molar-refractivity contribution in [3.8, 4) is 0 Å². The number of rotatable bonds is 0. The molecule has 0 aromatic carbocycles. The summed E-state index contributed by atoms with van der Waals surface area (Å²) in [6.07, 6.45) is 3.49. The second kappa shape index (κ2) is 2.28. The molecular formula is C8H9N5O. The van der Waals surface area contributed by atoms with Crippen molar-refractivity contribution in [3.63, 3.8) is 0 Å². The van der Waals surface area contributed by atoms with E-state index in [1.807, 2.05) is 22.5 Å². The highest BCUT2D eigenvalue weighted by Crippen LogP contribution is 2.25. The number of H-pyrrole nitrogens is 1. The zero-order valence-corrected chi connectivity index (χ0v) is 7.61. The Kier molecular flexibility index (Phi) is 1.21. The zero-order chi connectivity index (χ0) is 9.71. The van der Waals surface area contributed by atoms with Gasteiger partial charge in [0.2, 0.25) is 5.78 Å². The summed E-state index contributed by atoms with van der Waals surface area (Å²) in [5.74, 6) is 1.44. The van der Waals surface area contributed by atoms with Crippen molar-refractivity contribution in [1.82, 2.24) is 14.4 Å². The molecule has 3 heterocycles. The normalized spacial score (nSPS) is 14.5. The van der Waals surface area contributed by atoms with Crippen LogP contribution in [0.15, 0.2) is 17.2 Å². The van der Waals surface area contributed by atoms with Crippen molar-refractivity contribution in [2.75, 3.05) is 23.9 Å². The van der Waals surface area contributed by atoms with Gasteiger partial charge >= 0.3 is 0 Å². The SMILES string of the molecule is CN1CNc2c1n1ccnc1[nH]c2=O. The Hall–Kier alpha value is -1.98. The van der Waals surface area contributed by atoms with E-state index in [-0.39, 0.29) is 5.56 Å². The fraction of sp³-hybridized carbons (Fsp3) is 0.250. The lowest BCUT2D eigenvalue weighted by atomic mass is 10.4. The van der Waals surface area contributed by atoms with Crippen LogP contribution in [0.5, 0.6) is 0 Å². The van der Waals surface area contributed by atoms with Gasteiger partial charge in [0, 0.05) is 19.4 Å². The van der Waals surface area contributed by atoms with Crippen LogP contribution in [0.2, 0.25) is 0 Å². The first kappa shape index (κ1) is 7.43. The first-order chi connectivity index (χ1) is 6.77. The summed E-state index contributed by atoms with van der Waals surface area (Å²) in [5.41, 5.74) is 0.487. The van der Waals surface area contributed by atoms with Crippen LogP contribution in [0.4, 0.5) is 11.5 Å². The van der Waals surface area contributed by atoms with Gasteiger partial charge in [-0.15, -0.1) is 0 Å². The highest BCUT2D eigenvalue weighted by molar-refractivity contribution is 5.72. The first-order valence-electron chi connectivity index (χ1n) is 4.32. The number of aromatic nitrogens is 3.